The van der Waals surface area contributed by atoms with Crippen molar-refractivity contribution in [3.63, 3.8) is 0 Å². The first-order chi connectivity index (χ1) is 14.8. The number of nitrogens with zero attached hydrogens (tertiary/aromatic N) is 3. The number of nitrogens with two attached hydrogens (primary N) is 1. The summed E-state index contributed by atoms with van der Waals surface area (Å²) in [5.41, 5.74) is 9.89. The standard InChI is InChI=1S/C24H25BN4O2/c1-16-15-17(2)28-24(27-16)29-23(26)22(18(3)30)19(4)31-25(20-11-7-5-8-12-20)21-13-9-6-10-14-21/h5-15H,1-4H3,(H2,26,27,28,29)/b22-19-. The second-order valence-electron chi connectivity index (χ2n) is 7.25. The molecule has 0 aliphatic carbocycles. The zero-order valence-electron chi connectivity index (χ0n) is 18.2. The Bertz CT molecular complexity index is 1070. The van der Waals surface area contributed by atoms with Gasteiger partial charge in [0.15, 0.2) is 5.78 Å². The van der Waals surface area contributed by atoms with Gasteiger partial charge in [-0.2, -0.15) is 4.99 Å². The van der Waals surface area contributed by atoms with E-state index in [1.807, 2.05) is 80.6 Å². The first-order valence-corrected chi connectivity index (χ1v) is 10.0. The molecule has 2 aromatic carbocycles. The molecule has 0 unspecified atom stereocenters. The molecule has 6 nitrogen and oxygen atoms in total. The van der Waals surface area contributed by atoms with Gasteiger partial charge in [-0.1, -0.05) is 60.7 Å². The Morgan fingerprint density at radius 2 is 1.39 bits per heavy atom. The number of aryl methyl sites for hydroxylation is 2. The molecule has 2 N–H and O–H groups in total. The molecule has 1 aromatic heterocycles. The largest absolute Gasteiger partial charge is 0.554 e. The highest BCUT2D eigenvalue weighted by atomic mass is 16.4. The lowest BCUT2D eigenvalue weighted by molar-refractivity contribution is -0.113. The number of rotatable bonds is 7. The van der Waals surface area contributed by atoms with Crippen LogP contribution in [0.4, 0.5) is 5.95 Å². The number of allylic oxidation sites excluding steroid dienone is 1. The van der Waals surface area contributed by atoms with Crippen LogP contribution in [0, 0.1) is 13.8 Å². The highest BCUT2D eigenvalue weighted by Crippen LogP contribution is 2.14. The van der Waals surface area contributed by atoms with E-state index in [-0.39, 0.29) is 23.1 Å². The molecule has 0 radical (unpaired) electrons. The molecule has 0 atom stereocenters. The average molecular weight is 412 g/mol. The molecule has 0 saturated heterocycles. The smallest absolute Gasteiger partial charge is 0.426 e. The van der Waals surface area contributed by atoms with E-state index in [0.29, 0.717) is 5.76 Å². The molecule has 1 heterocycles. The van der Waals surface area contributed by atoms with Crippen molar-refractivity contribution in [1.29, 1.82) is 0 Å². The molecular formula is C24H25BN4O2. The summed E-state index contributed by atoms with van der Waals surface area (Å²) in [7, 11) is 0. The van der Waals surface area contributed by atoms with Crippen LogP contribution in [0.3, 0.4) is 0 Å². The van der Waals surface area contributed by atoms with Gasteiger partial charge in [-0.15, -0.1) is 0 Å². The lowest BCUT2D eigenvalue weighted by Crippen LogP contribution is -2.45. The first-order valence-electron chi connectivity index (χ1n) is 10.0. The topological polar surface area (TPSA) is 90.5 Å². The van der Waals surface area contributed by atoms with E-state index in [0.717, 1.165) is 22.3 Å². The van der Waals surface area contributed by atoms with Gasteiger partial charge in [-0.05, 0) is 44.7 Å². The van der Waals surface area contributed by atoms with E-state index in [4.69, 9.17) is 10.4 Å². The van der Waals surface area contributed by atoms with Gasteiger partial charge in [-0.25, -0.2) is 9.97 Å². The molecule has 0 fully saturated rings. The molecular weight excluding hydrogens is 387 g/mol. The number of benzene rings is 2. The molecule has 3 aromatic rings. The molecule has 0 aliphatic rings. The maximum atomic E-state index is 12.5. The predicted molar refractivity (Wildman–Crippen MR) is 125 cm³/mol. The molecule has 3 rings (SSSR count). The second-order valence-corrected chi connectivity index (χ2v) is 7.25. The van der Waals surface area contributed by atoms with Crippen molar-refractivity contribution in [1.82, 2.24) is 9.97 Å². The molecule has 31 heavy (non-hydrogen) atoms. The average Bonchev–Trinajstić information content (AvgIpc) is 2.72. The van der Waals surface area contributed by atoms with E-state index >= 15 is 0 Å². The van der Waals surface area contributed by atoms with Crippen LogP contribution in [-0.4, -0.2) is 28.5 Å². The molecule has 0 aliphatic heterocycles. The maximum absolute atomic E-state index is 12.5. The zero-order chi connectivity index (χ0) is 22.4. The zero-order valence-corrected chi connectivity index (χ0v) is 18.2. The van der Waals surface area contributed by atoms with E-state index in [9.17, 15) is 4.79 Å². The molecule has 0 bridgehead atoms. The second kappa shape index (κ2) is 9.85. The fraction of sp³-hybridized carbons (Fsp3) is 0.167. The number of hydrogen-bond acceptors (Lipinski definition) is 5. The number of carbonyl (C=O) groups is 1. The van der Waals surface area contributed by atoms with Crippen molar-refractivity contribution < 1.29 is 9.45 Å². The van der Waals surface area contributed by atoms with Gasteiger partial charge in [-0.3, -0.25) is 4.79 Å². The summed E-state index contributed by atoms with van der Waals surface area (Å²) in [5.74, 6) is 0.373. The quantitative estimate of drug-likeness (QED) is 0.212. The van der Waals surface area contributed by atoms with E-state index in [2.05, 4.69) is 15.0 Å². The van der Waals surface area contributed by atoms with E-state index in [1.54, 1.807) is 6.92 Å². The normalized spacial score (nSPS) is 12.2. The fourth-order valence-electron chi connectivity index (χ4n) is 3.35. The third-order valence-electron chi connectivity index (χ3n) is 4.65. The fourth-order valence-corrected chi connectivity index (χ4v) is 3.35. The number of aromatic nitrogens is 2. The summed E-state index contributed by atoms with van der Waals surface area (Å²) in [4.78, 5) is 25.3. The van der Waals surface area contributed by atoms with Crippen LogP contribution in [0.1, 0.15) is 25.2 Å². The molecule has 0 saturated carbocycles. The molecule has 7 heteroatoms. The summed E-state index contributed by atoms with van der Waals surface area (Å²) in [6.07, 6.45) is 0. The Morgan fingerprint density at radius 3 is 1.84 bits per heavy atom. The van der Waals surface area contributed by atoms with Crippen molar-refractivity contribution >= 4 is 35.4 Å². The summed E-state index contributed by atoms with van der Waals surface area (Å²) >= 11 is 0. The highest BCUT2D eigenvalue weighted by molar-refractivity contribution is 6.80. The van der Waals surface area contributed by atoms with Crippen LogP contribution in [0.15, 0.2) is 83.1 Å². The first kappa shape index (κ1) is 22.0. The maximum Gasteiger partial charge on any atom is 0.426 e. The van der Waals surface area contributed by atoms with Gasteiger partial charge in [0, 0.05) is 11.4 Å². The number of amidine groups is 1. The van der Waals surface area contributed by atoms with Gasteiger partial charge in [0.05, 0.1) is 11.3 Å². The van der Waals surface area contributed by atoms with Crippen molar-refractivity contribution in [2.75, 3.05) is 0 Å². The van der Waals surface area contributed by atoms with Crippen LogP contribution in [-0.2, 0) is 9.45 Å². The summed E-state index contributed by atoms with van der Waals surface area (Å²) in [5, 5.41) is 0. The predicted octanol–water partition coefficient (Wildman–Crippen LogP) is 2.77. The van der Waals surface area contributed by atoms with Gasteiger partial charge in [0.1, 0.15) is 5.84 Å². The highest BCUT2D eigenvalue weighted by Gasteiger charge is 2.25. The van der Waals surface area contributed by atoms with Crippen LogP contribution in [0.5, 0.6) is 0 Å². The SMILES string of the molecule is CC(=O)C(/C(N)=N/c1nc(C)cc(C)n1)=C(\C)OB(c1ccccc1)c1ccccc1. The Hall–Kier alpha value is -3.74. The Labute approximate surface area is 183 Å². The lowest BCUT2D eigenvalue weighted by atomic mass is 9.55. The van der Waals surface area contributed by atoms with Gasteiger partial charge in [0.25, 0.3) is 5.95 Å². The van der Waals surface area contributed by atoms with Gasteiger partial charge >= 0.3 is 6.92 Å². The van der Waals surface area contributed by atoms with Crippen molar-refractivity contribution in [3.8, 4) is 0 Å². The third-order valence-corrected chi connectivity index (χ3v) is 4.65. The number of aliphatic imine (C=N–C) groups is 1. The van der Waals surface area contributed by atoms with Crippen molar-refractivity contribution in [2.45, 2.75) is 27.7 Å². The minimum Gasteiger partial charge on any atom is -0.554 e. The minimum absolute atomic E-state index is 0.0230. The van der Waals surface area contributed by atoms with Crippen LogP contribution < -0.4 is 16.7 Å². The number of Topliss-reactive ketones (excluding diaryl/α,β-unsaturated/α-hetero) is 1. The Morgan fingerprint density at radius 1 is 0.903 bits per heavy atom. The number of carbonyl (C=O) groups excluding carboxylic acids is 1. The van der Waals surface area contributed by atoms with Gasteiger partial charge in [0.2, 0.25) is 0 Å². The van der Waals surface area contributed by atoms with Gasteiger partial charge < -0.3 is 10.4 Å². The summed E-state index contributed by atoms with van der Waals surface area (Å²) in [6.45, 7) is 6.46. The summed E-state index contributed by atoms with van der Waals surface area (Å²) < 4.78 is 6.31. The minimum atomic E-state index is -0.401. The van der Waals surface area contributed by atoms with Crippen molar-refractivity contribution in [2.24, 2.45) is 10.7 Å². The molecule has 0 amide bonds. The number of ketones is 1. The molecule has 0 spiro atoms. The third kappa shape index (κ3) is 5.66. The van der Waals surface area contributed by atoms with Crippen LogP contribution in [0.2, 0.25) is 0 Å². The lowest BCUT2D eigenvalue weighted by Gasteiger charge is -2.19. The van der Waals surface area contributed by atoms with E-state index < -0.39 is 6.92 Å². The Balaban J connectivity index is 2.03. The monoisotopic (exact) mass is 412 g/mol. The molecule has 156 valence electrons. The Kier molecular flexibility index (Phi) is 6.98. The van der Waals surface area contributed by atoms with Crippen molar-refractivity contribution in [3.05, 3.63) is 89.5 Å². The summed E-state index contributed by atoms with van der Waals surface area (Å²) in [6, 6.07) is 21.5. The van der Waals surface area contributed by atoms with Crippen LogP contribution in [0.25, 0.3) is 0 Å². The van der Waals surface area contributed by atoms with Crippen LogP contribution >= 0.6 is 0 Å². The van der Waals surface area contributed by atoms with E-state index in [1.165, 1.54) is 6.92 Å². The number of hydrogen-bond donors (Lipinski definition) is 1.